The Morgan fingerprint density at radius 3 is 2.31 bits per heavy atom. The van der Waals surface area contributed by atoms with E-state index in [0.29, 0.717) is 23.9 Å². The molecule has 2 aromatic carbocycles. The fraction of sp³-hybridized carbons (Fsp3) is 0.233. The maximum Gasteiger partial charge on any atom is 0.338 e. The van der Waals surface area contributed by atoms with Crippen molar-refractivity contribution in [3.63, 3.8) is 0 Å². The smallest absolute Gasteiger partial charge is 0.338 e. The Kier molecular flexibility index (Phi) is 8.34. The van der Waals surface area contributed by atoms with E-state index in [-0.39, 0.29) is 12.0 Å². The first kappa shape index (κ1) is 28.6. The fourth-order valence-electron chi connectivity index (χ4n) is 4.11. The average molecular weight is 586 g/mol. The molecular formula is C30H31N7O4S. The molecule has 12 heteroatoms. The molecule has 0 atom stereocenters. The monoisotopic (exact) mass is 585 g/mol. The molecule has 0 aliphatic heterocycles. The number of pyridine rings is 1. The predicted molar refractivity (Wildman–Crippen MR) is 163 cm³/mol. The number of nitrogens with one attached hydrogen (secondary N) is 3. The number of amides is 2. The summed E-state index contributed by atoms with van der Waals surface area (Å²) < 4.78 is 8.86. The third-order valence-corrected chi connectivity index (χ3v) is 7.16. The van der Waals surface area contributed by atoms with Gasteiger partial charge in [-0.15, -0.1) is 0 Å². The lowest BCUT2D eigenvalue weighted by molar-refractivity contribution is 0.262. The van der Waals surface area contributed by atoms with Crippen molar-refractivity contribution in [3.05, 3.63) is 116 Å². The van der Waals surface area contributed by atoms with Crippen molar-refractivity contribution in [2.75, 3.05) is 17.2 Å². The molecule has 0 radical (unpaired) electrons. The summed E-state index contributed by atoms with van der Waals surface area (Å²) >= 11 is 0.841. The van der Waals surface area contributed by atoms with E-state index >= 15 is 0 Å². The van der Waals surface area contributed by atoms with Crippen molar-refractivity contribution in [3.8, 4) is 11.4 Å². The molecule has 5 aromatic rings. The Morgan fingerprint density at radius 2 is 1.67 bits per heavy atom. The minimum Gasteiger partial charge on any atom is -0.493 e. The van der Waals surface area contributed by atoms with Gasteiger partial charge in [0.15, 0.2) is 0 Å². The highest BCUT2D eigenvalue weighted by atomic mass is 32.1. The van der Waals surface area contributed by atoms with Crippen LogP contribution >= 0.6 is 11.5 Å². The van der Waals surface area contributed by atoms with Gasteiger partial charge in [-0.25, -0.2) is 18.2 Å². The first-order valence-electron chi connectivity index (χ1n) is 13.3. The zero-order valence-electron chi connectivity index (χ0n) is 23.5. The molecule has 0 aliphatic carbocycles. The summed E-state index contributed by atoms with van der Waals surface area (Å²) in [6.45, 7) is 6.95. The number of hydrogen-bond acceptors (Lipinski definition) is 7. The third-order valence-electron chi connectivity index (χ3n) is 6.38. The molecule has 0 unspecified atom stereocenters. The Hall–Kier alpha value is -4.97. The van der Waals surface area contributed by atoms with Crippen LogP contribution in [0, 0.1) is 0 Å². The number of aromatic amines is 1. The number of rotatable bonds is 9. The Morgan fingerprint density at radius 1 is 0.952 bits per heavy atom. The molecular weight excluding hydrogens is 554 g/mol. The number of aromatic nitrogens is 5. The summed E-state index contributed by atoms with van der Waals surface area (Å²) in [7, 11) is 0. The normalized spacial score (nSPS) is 11.3. The van der Waals surface area contributed by atoms with Crippen LogP contribution in [0.3, 0.4) is 0 Å². The predicted octanol–water partition coefficient (Wildman–Crippen LogP) is 4.79. The molecule has 0 saturated carbocycles. The Labute approximate surface area is 246 Å². The SMILES string of the molecule is CC(C)(C)c1cc(NC(=O)Nc2ccc(OCCc3ccncc3)cc2)n(-c2ccc(Cn3sc(=O)[nH]c3=O)cc2)n1. The molecule has 42 heavy (non-hydrogen) atoms. The fourth-order valence-corrected chi connectivity index (χ4v) is 4.78. The molecule has 3 N–H and O–H groups in total. The maximum atomic E-state index is 13.0. The summed E-state index contributed by atoms with van der Waals surface area (Å²) in [6, 6.07) is 20.0. The van der Waals surface area contributed by atoms with E-state index in [0.717, 1.165) is 40.5 Å². The van der Waals surface area contributed by atoms with Crippen LogP contribution in [0.1, 0.15) is 37.6 Å². The lowest BCUT2D eigenvalue weighted by atomic mass is 9.92. The van der Waals surface area contributed by atoms with E-state index in [1.54, 1.807) is 29.2 Å². The van der Waals surface area contributed by atoms with Crippen LogP contribution < -0.4 is 25.9 Å². The average Bonchev–Trinajstić information content (AvgIpc) is 3.52. The molecule has 3 aromatic heterocycles. The van der Waals surface area contributed by atoms with Gasteiger partial charge in [0.1, 0.15) is 11.6 Å². The second kappa shape index (κ2) is 12.3. The van der Waals surface area contributed by atoms with Crippen LogP contribution in [0.2, 0.25) is 0 Å². The summed E-state index contributed by atoms with van der Waals surface area (Å²) in [5.74, 6) is 1.21. The molecule has 0 aliphatic rings. The van der Waals surface area contributed by atoms with Crippen molar-refractivity contribution >= 4 is 29.1 Å². The van der Waals surface area contributed by atoms with Gasteiger partial charge in [0.25, 0.3) is 0 Å². The number of anilines is 2. The molecule has 11 nitrogen and oxygen atoms in total. The molecule has 5 rings (SSSR count). The van der Waals surface area contributed by atoms with Crippen LogP contribution in [0.15, 0.2) is 88.7 Å². The van der Waals surface area contributed by atoms with E-state index < -0.39 is 16.6 Å². The summed E-state index contributed by atoms with van der Waals surface area (Å²) in [4.78, 5) is 42.2. The zero-order chi connectivity index (χ0) is 29.7. The highest BCUT2D eigenvalue weighted by Gasteiger charge is 2.21. The second-order valence-corrected chi connectivity index (χ2v) is 11.6. The minimum absolute atomic E-state index is 0.252. The first-order chi connectivity index (χ1) is 20.1. The summed E-state index contributed by atoms with van der Waals surface area (Å²) in [6.07, 6.45) is 4.29. The lowest BCUT2D eigenvalue weighted by Gasteiger charge is -2.14. The number of nitrogens with zero attached hydrogens (tertiary/aromatic N) is 4. The number of ether oxygens (including phenoxy) is 1. The largest absolute Gasteiger partial charge is 0.493 e. The van der Waals surface area contributed by atoms with Crippen molar-refractivity contribution in [1.29, 1.82) is 0 Å². The number of H-pyrrole nitrogens is 1. The molecule has 0 spiro atoms. The maximum absolute atomic E-state index is 13.0. The lowest BCUT2D eigenvalue weighted by Crippen LogP contribution is -2.21. The number of hydrogen-bond donors (Lipinski definition) is 3. The van der Waals surface area contributed by atoms with E-state index in [2.05, 4.69) is 20.6 Å². The topological polar surface area (TPSA) is 136 Å². The Balaban J connectivity index is 1.25. The van der Waals surface area contributed by atoms with Gasteiger partial charge >= 0.3 is 16.6 Å². The molecule has 0 bridgehead atoms. The van der Waals surface area contributed by atoms with Crippen LogP contribution in [0.4, 0.5) is 16.3 Å². The van der Waals surface area contributed by atoms with Gasteiger partial charge in [-0.3, -0.25) is 20.1 Å². The molecule has 0 fully saturated rings. The minimum atomic E-state index is -0.434. The van der Waals surface area contributed by atoms with Crippen molar-refractivity contribution in [2.24, 2.45) is 0 Å². The number of urea groups is 1. The van der Waals surface area contributed by atoms with Crippen LogP contribution in [0.25, 0.3) is 5.69 Å². The van der Waals surface area contributed by atoms with Gasteiger partial charge in [-0.2, -0.15) is 5.10 Å². The standard InChI is InChI=1S/C30H31N7O4S/c1-30(2,3)25-18-26(37(35-25)23-8-4-21(5-9-23)19-36-28(39)34-29(40)42-36)33-27(38)32-22-6-10-24(11-7-22)41-17-14-20-12-15-31-16-13-20/h4-13,15-16,18H,14,17,19H2,1-3H3,(H2,32,33,38)(H,34,39,40). The van der Waals surface area contributed by atoms with E-state index in [4.69, 9.17) is 9.84 Å². The number of benzene rings is 2. The van der Waals surface area contributed by atoms with Gasteiger partial charge in [-0.1, -0.05) is 32.9 Å². The van der Waals surface area contributed by atoms with Crippen molar-refractivity contribution < 1.29 is 9.53 Å². The van der Waals surface area contributed by atoms with Gasteiger partial charge in [0.2, 0.25) is 0 Å². The van der Waals surface area contributed by atoms with Crippen molar-refractivity contribution in [2.45, 2.75) is 39.2 Å². The summed E-state index contributed by atoms with van der Waals surface area (Å²) in [5, 5.41) is 10.5. The number of carbonyl (C=O) groups excluding carboxylic acids is 1. The van der Waals surface area contributed by atoms with E-state index in [9.17, 15) is 14.4 Å². The molecule has 0 saturated heterocycles. The van der Waals surface area contributed by atoms with Crippen LogP contribution in [0.5, 0.6) is 5.75 Å². The zero-order valence-corrected chi connectivity index (χ0v) is 24.3. The first-order valence-corrected chi connectivity index (χ1v) is 14.1. The van der Waals surface area contributed by atoms with Crippen LogP contribution in [-0.4, -0.2) is 36.3 Å². The molecule has 216 valence electrons. The molecule has 3 heterocycles. The van der Waals surface area contributed by atoms with E-state index in [1.165, 1.54) is 3.96 Å². The second-order valence-electron chi connectivity index (χ2n) is 10.6. The van der Waals surface area contributed by atoms with Gasteiger partial charge in [0.05, 0.1) is 24.5 Å². The van der Waals surface area contributed by atoms with Gasteiger partial charge in [0, 0.05) is 47.5 Å². The highest BCUT2D eigenvalue weighted by molar-refractivity contribution is 7.03. The van der Waals surface area contributed by atoms with E-state index in [1.807, 2.05) is 75.4 Å². The quantitative estimate of drug-likeness (QED) is 0.228. The van der Waals surface area contributed by atoms with Gasteiger partial charge in [-0.05, 0) is 59.7 Å². The Bertz CT molecular complexity index is 1760. The highest BCUT2D eigenvalue weighted by Crippen LogP contribution is 2.27. The summed E-state index contributed by atoms with van der Waals surface area (Å²) in [5.41, 5.74) is 3.46. The molecule has 2 amide bonds. The number of carbonyl (C=O) groups is 1. The third kappa shape index (κ3) is 7.21. The van der Waals surface area contributed by atoms with Crippen LogP contribution in [-0.2, 0) is 18.4 Å². The van der Waals surface area contributed by atoms with Gasteiger partial charge < -0.3 is 10.1 Å². The van der Waals surface area contributed by atoms with Crippen molar-refractivity contribution in [1.82, 2.24) is 23.7 Å².